The van der Waals surface area contributed by atoms with Crippen LogP contribution in [0, 0.1) is 11.6 Å². The first-order chi connectivity index (χ1) is 8.08. The second-order valence-electron chi connectivity index (χ2n) is 3.39. The average Bonchev–Trinajstić information content (AvgIpc) is 2.26. The lowest BCUT2D eigenvalue weighted by atomic mass is 10.1. The molecule has 0 amide bonds. The fourth-order valence-corrected chi connectivity index (χ4v) is 1.51. The minimum atomic E-state index is -1.08. The van der Waals surface area contributed by atoms with Crippen LogP contribution in [0.5, 0.6) is 0 Å². The zero-order chi connectivity index (χ0) is 12.4. The maximum atomic E-state index is 13.4. The van der Waals surface area contributed by atoms with Crippen LogP contribution < -0.4 is 5.32 Å². The molecule has 0 radical (unpaired) electrons. The highest BCUT2D eigenvalue weighted by Crippen LogP contribution is 2.24. The summed E-state index contributed by atoms with van der Waals surface area (Å²) in [6.07, 6.45) is 1.33. The number of benzene rings is 1. The van der Waals surface area contributed by atoms with Crippen LogP contribution >= 0.6 is 0 Å². The number of nitrogens with zero attached hydrogens (tertiary/aromatic N) is 1. The molecule has 1 aromatic carbocycles. The Hall–Kier alpha value is -2.24. The molecule has 0 aliphatic carbocycles. The average molecular weight is 238 g/mol. The lowest BCUT2D eigenvalue weighted by Gasteiger charge is -2.07. The first kappa shape index (κ1) is 11.3. The van der Waals surface area contributed by atoms with E-state index < -0.39 is 17.6 Å². The van der Waals surface area contributed by atoms with Crippen molar-refractivity contribution in [2.45, 2.75) is 0 Å². The highest BCUT2D eigenvalue weighted by Gasteiger charge is 2.09. The molecule has 0 bridgehead atoms. The van der Waals surface area contributed by atoms with E-state index in [1.54, 1.807) is 0 Å². The topological polar surface area (TPSA) is 62.2 Å². The Morgan fingerprint density at radius 1 is 1.35 bits per heavy atom. The number of carboxylic acids is 1. The number of carbonyl (C=O) groups is 1. The molecule has 6 heteroatoms. The molecule has 1 heterocycles. The monoisotopic (exact) mass is 238 g/mol. The number of aliphatic carboxylic acids is 1. The number of nitrogens with one attached hydrogen (secondary N) is 1. The van der Waals surface area contributed by atoms with Gasteiger partial charge in [-0.15, -0.1) is 0 Å². The Morgan fingerprint density at radius 2 is 2.12 bits per heavy atom. The van der Waals surface area contributed by atoms with Gasteiger partial charge in [0.25, 0.3) is 0 Å². The zero-order valence-corrected chi connectivity index (χ0v) is 8.58. The van der Waals surface area contributed by atoms with E-state index in [1.165, 1.54) is 12.3 Å². The van der Waals surface area contributed by atoms with Crippen molar-refractivity contribution in [1.29, 1.82) is 0 Å². The molecule has 0 spiro atoms. The van der Waals surface area contributed by atoms with Crippen LogP contribution in [-0.4, -0.2) is 22.6 Å². The number of carboxylic acid groups (broad SMARTS) is 1. The number of halogens is 2. The smallest absolute Gasteiger partial charge is 0.322 e. The summed E-state index contributed by atoms with van der Waals surface area (Å²) in [5.74, 6) is -2.38. The quantitative estimate of drug-likeness (QED) is 0.858. The Kier molecular flexibility index (Phi) is 2.86. The van der Waals surface area contributed by atoms with Crippen molar-refractivity contribution >= 4 is 22.6 Å². The Labute approximate surface area is 94.9 Å². The van der Waals surface area contributed by atoms with E-state index in [-0.39, 0.29) is 23.1 Å². The van der Waals surface area contributed by atoms with Gasteiger partial charge in [-0.1, -0.05) is 0 Å². The second-order valence-corrected chi connectivity index (χ2v) is 3.39. The van der Waals surface area contributed by atoms with Gasteiger partial charge >= 0.3 is 5.97 Å². The highest BCUT2D eigenvalue weighted by molar-refractivity contribution is 5.93. The molecule has 2 aromatic rings. The fourth-order valence-electron chi connectivity index (χ4n) is 1.51. The summed E-state index contributed by atoms with van der Waals surface area (Å²) in [5.41, 5.74) is 0. The molecule has 4 nitrogen and oxygen atoms in total. The van der Waals surface area contributed by atoms with Gasteiger partial charge in [0.1, 0.15) is 24.0 Å². The maximum Gasteiger partial charge on any atom is 0.322 e. The largest absolute Gasteiger partial charge is 0.480 e. The Morgan fingerprint density at radius 3 is 2.82 bits per heavy atom. The lowest BCUT2D eigenvalue weighted by Crippen LogP contribution is -2.13. The van der Waals surface area contributed by atoms with Gasteiger partial charge < -0.3 is 10.4 Å². The maximum absolute atomic E-state index is 13.4. The van der Waals surface area contributed by atoms with Crippen molar-refractivity contribution < 1.29 is 18.7 Å². The summed E-state index contributed by atoms with van der Waals surface area (Å²) in [4.78, 5) is 14.3. The van der Waals surface area contributed by atoms with Gasteiger partial charge in [0.2, 0.25) is 0 Å². The van der Waals surface area contributed by atoms with Gasteiger partial charge in [0, 0.05) is 23.0 Å². The van der Waals surface area contributed by atoms with Crippen LogP contribution in [0.2, 0.25) is 0 Å². The van der Waals surface area contributed by atoms with E-state index in [0.29, 0.717) is 0 Å². The van der Waals surface area contributed by atoms with Crippen molar-refractivity contribution in [3.05, 3.63) is 36.0 Å². The minimum absolute atomic E-state index is 0.142. The van der Waals surface area contributed by atoms with Gasteiger partial charge in [-0.05, 0) is 12.1 Å². The van der Waals surface area contributed by atoms with Gasteiger partial charge in [0.15, 0.2) is 0 Å². The minimum Gasteiger partial charge on any atom is -0.480 e. The number of fused-ring (bicyclic) bond motifs is 1. The summed E-state index contributed by atoms with van der Waals surface area (Å²) < 4.78 is 26.5. The zero-order valence-electron chi connectivity index (χ0n) is 8.58. The molecule has 17 heavy (non-hydrogen) atoms. The second kappa shape index (κ2) is 4.32. The van der Waals surface area contributed by atoms with Crippen molar-refractivity contribution in [2.75, 3.05) is 11.9 Å². The van der Waals surface area contributed by atoms with Crippen LogP contribution in [-0.2, 0) is 4.79 Å². The first-order valence-corrected chi connectivity index (χ1v) is 4.77. The van der Waals surface area contributed by atoms with Crippen LogP contribution in [0.1, 0.15) is 0 Å². The Balaban J connectivity index is 2.52. The molecule has 0 unspecified atom stereocenters. The lowest BCUT2D eigenvalue weighted by molar-refractivity contribution is -0.134. The van der Waals surface area contributed by atoms with Crippen molar-refractivity contribution in [1.82, 2.24) is 4.98 Å². The van der Waals surface area contributed by atoms with Crippen LogP contribution in [0.3, 0.4) is 0 Å². The van der Waals surface area contributed by atoms with Crippen molar-refractivity contribution in [2.24, 2.45) is 0 Å². The molecular weight excluding hydrogens is 230 g/mol. The molecular formula is C11H8F2N2O2. The van der Waals surface area contributed by atoms with Gasteiger partial charge in [-0.2, -0.15) is 0 Å². The third-order valence-electron chi connectivity index (χ3n) is 2.20. The number of hydrogen-bond donors (Lipinski definition) is 2. The van der Waals surface area contributed by atoms with E-state index in [9.17, 15) is 13.6 Å². The van der Waals surface area contributed by atoms with Crippen LogP contribution in [0.15, 0.2) is 24.4 Å². The summed E-state index contributed by atoms with van der Waals surface area (Å²) in [6.45, 7) is -0.371. The summed E-state index contributed by atoms with van der Waals surface area (Å²) in [6, 6.07) is 3.27. The number of aromatic nitrogens is 1. The van der Waals surface area contributed by atoms with Gasteiger partial charge in [-0.3, -0.25) is 4.79 Å². The summed E-state index contributed by atoms with van der Waals surface area (Å²) >= 11 is 0. The van der Waals surface area contributed by atoms with E-state index in [1.807, 2.05) is 0 Å². The summed E-state index contributed by atoms with van der Waals surface area (Å²) in [5, 5.41) is 11.4. The van der Waals surface area contributed by atoms with Crippen LogP contribution in [0.25, 0.3) is 10.8 Å². The molecule has 0 atom stereocenters. The number of anilines is 1. The van der Waals surface area contributed by atoms with E-state index >= 15 is 0 Å². The molecule has 0 aliphatic rings. The Bertz CT molecular complexity index is 587. The standard InChI is InChI=1S/C11H8F2N2O2/c12-6-3-8-7(9(13)4-6)1-2-14-11(8)15-5-10(16)17/h1-4H,5H2,(H,14,15)(H,16,17). The van der Waals surface area contributed by atoms with E-state index in [2.05, 4.69) is 10.3 Å². The molecule has 0 fully saturated rings. The van der Waals surface area contributed by atoms with E-state index in [0.717, 1.165) is 12.1 Å². The molecule has 0 saturated heterocycles. The van der Waals surface area contributed by atoms with Crippen molar-refractivity contribution in [3.8, 4) is 0 Å². The van der Waals surface area contributed by atoms with E-state index in [4.69, 9.17) is 5.11 Å². The number of pyridine rings is 1. The normalized spacial score (nSPS) is 10.5. The van der Waals surface area contributed by atoms with Gasteiger partial charge in [0.05, 0.1) is 0 Å². The van der Waals surface area contributed by atoms with Crippen LogP contribution in [0.4, 0.5) is 14.6 Å². The third-order valence-corrected chi connectivity index (χ3v) is 2.20. The number of rotatable bonds is 3. The van der Waals surface area contributed by atoms with Gasteiger partial charge in [-0.25, -0.2) is 13.8 Å². The third kappa shape index (κ3) is 2.30. The number of hydrogen-bond acceptors (Lipinski definition) is 3. The molecule has 1 aromatic heterocycles. The first-order valence-electron chi connectivity index (χ1n) is 4.77. The SMILES string of the molecule is O=C(O)CNc1nccc2c(F)cc(F)cc12. The predicted molar refractivity (Wildman–Crippen MR) is 57.8 cm³/mol. The predicted octanol–water partition coefficient (Wildman–Crippen LogP) is 2.01. The van der Waals surface area contributed by atoms with Crippen molar-refractivity contribution in [3.63, 3.8) is 0 Å². The molecule has 0 saturated carbocycles. The molecule has 0 aliphatic heterocycles. The molecule has 2 N–H and O–H groups in total. The molecule has 2 rings (SSSR count). The summed E-state index contributed by atoms with van der Waals surface area (Å²) in [7, 11) is 0. The molecule has 88 valence electrons. The fraction of sp³-hybridized carbons (Fsp3) is 0.0909. The highest BCUT2D eigenvalue weighted by atomic mass is 19.1.